The van der Waals surface area contributed by atoms with Crippen LogP contribution in [0.4, 0.5) is 5.13 Å². The van der Waals surface area contributed by atoms with Crippen molar-refractivity contribution in [2.45, 2.75) is 6.92 Å². The van der Waals surface area contributed by atoms with Gasteiger partial charge in [0.25, 0.3) is 0 Å². The second kappa shape index (κ2) is 7.79. The first-order valence-electron chi connectivity index (χ1n) is 8.33. The molecule has 7 nitrogen and oxygen atoms in total. The van der Waals surface area contributed by atoms with Gasteiger partial charge in [-0.2, -0.15) is 5.10 Å². The van der Waals surface area contributed by atoms with Crippen molar-refractivity contribution in [3.05, 3.63) is 81.0 Å². The first kappa shape index (κ1) is 18.1. The number of aromatic nitrogens is 3. The third-order valence-electron chi connectivity index (χ3n) is 3.99. The number of benzene rings is 2. The average molecular weight is 413 g/mol. The summed E-state index contributed by atoms with van der Waals surface area (Å²) in [5.74, 6) is 0. The Kier molecular flexibility index (Phi) is 5.05. The van der Waals surface area contributed by atoms with Gasteiger partial charge < -0.3 is 0 Å². The third-order valence-corrected chi connectivity index (χ3v) is 4.99. The van der Waals surface area contributed by atoms with Gasteiger partial charge in [-0.15, -0.1) is 11.3 Å². The van der Waals surface area contributed by atoms with Crippen LogP contribution in [0.5, 0.6) is 0 Å². The molecule has 0 saturated carbocycles. The Balaban J connectivity index is 1.61. The molecule has 0 unspecified atom stereocenters. The Morgan fingerprint density at radius 2 is 1.96 bits per heavy atom. The second-order valence-corrected chi connectivity index (χ2v) is 7.15. The standard InChI is InChI=1S/C19H14ClN5O2S/c1-12(13-5-3-2-4-6-13)22-23-19-21-16(11-28-19)17-18(26)27-24-25(17)15-9-7-14(20)8-10-15/h2-11H,1H3,(H-,21,23,24,26)/p+1/b22-12-. The van der Waals surface area contributed by atoms with E-state index in [-0.39, 0.29) is 5.69 Å². The number of thiazole rings is 1. The van der Waals surface area contributed by atoms with Crippen LogP contribution in [0, 0.1) is 0 Å². The lowest BCUT2D eigenvalue weighted by atomic mass is 10.1. The first-order chi connectivity index (χ1) is 13.6. The van der Waals surface area contributed by atoms with Crippen molar-refractivity contribution >= 4 is 33.8 Å². The number of hydrazone groups is 1. The van der Waals surface area contributed by atoms with E-state index >= 15 is 0 Å². The third kappa shape index (κ3) is 3.73. The molecule has 0 radical (unpaired) electrons. The summed E-state index contributed by atoms with van der Waals surface area (Å²) in [4.78, 5) is 16.7. The van der Waals surface area contributed by atoms with Crippen molar-refractivity contribution in [3.8, 4) is 17.1 Å². The Hall–Kier alpha value is -3.23. The zero-order valence-electron chi connectivity index (χ0n) is 14.7. The number of anilines is 1. The molecule has 140 valence electrons. The van der Waals surface area contributed by atoms with Crippen molar-refractivity contribution in [2.24, 2.45) is 5.10 Å². The van der Waals surface area contributed by atoms with Gasteiger partial charge in [0.15, 0.2) is 5.69 Å². The molecule has 0 aliphatic carbocycles. The first-order valence-corrected chi connectivity index (χ1v) is 9.58. The molecule has 0 saturated heterocycles. The number of nitrogens with one attached hydrogen (secondary N) is 2. The lowest BCUT2D eigenvalue weighted by Crippen LogP contribution is -2.36. The van der Waals surface area contributed by atoms with Gasteiger partial charge in [-0.25, -0.2) is 9.78 Å². The minimum Gasteiger partial charge on any atom is -0.282 e. The van der Waals surface area contributed by atoms with Crippen LogP contribution in [0.15, 0.2) is 74.4 Å². The maximum absolute atomic E-state index is 12.2. The number of hydrogen-bond donors (Lipinski definition) is 2. The predicted octanol–water partition coefficient (Wildman–Crippen LogP) is 3.86. The van der Waals surface area contributed by atoms with E-state index < -0.39 is 5.63 Å². The molecule has 9 heteroatoms. The van der Waals surface area contributed by atoms with Gasteiger partial charge in [0.05, 0.1) is 5.71 Å². The van der Waals surface area contributed by atoms with E-state index in [0.29, 0.717) is 21.5 Å². The fourth-order valence-corrected chi connectivity index (χ4v) is 3.34. The summed E-state index contributed by atoms with van der Waals surface area (Å²) in [6.45, 7) is 1.91. The normalized spacial score (nSPS) is 11.6. The Labute approximate surface area is 168 Å². The highest BCUT2D eigenvalue weighted by molar-refractivity contribution is 7.14. The second-order valence-electron chi connectivity index (χ2n) is 5.85. The molecule has 0 spiro atoms. The molecule has 4 aromatic rings. The maximum atomic E-state index is 12.2. The van der Waals surface area contributed by atoms with E-state index in [9.17, 15) is 4.79 Å². The summed E-state index contributed by atoms with van der Waals surface area (Å²) >= 11 is 7.27. The van der Waals surface area contributed by atoms with Crippen molar-refractivity contribution in [1.29, 1.82) is 0 Å². The van der Waals surface area contributed by atoms with Gasteiger partial charge in [-0.3, -0.25) is 9.95 Å². The highest BCUT2D eigenvalue weighted by Crippen LogP contribution is 2.22. The van der Waals surface area contributed by atoms with Crippen LogP contribution < -0.4 is 15.7 Å². The number of rotatable bonds is 5. The molecule has 0 amide bonds. The molecule has 0 bridgehead atoms. The van der Waals surface area contributed by atoms with Crippen LogP contribution in [-0.2, 0) is 0 Å². The summed E-state index contributed by atoms with van der Waals surface area (Å²) in [5.41, 5.74) is 5.72. The van der Waals surface area contributed by atoms with E-state index in [1.54, 1.807) is 29.6 Å². The number of nitrogens with zero attached hydrogens (tertiary/aromatic N) is 3. The van der Waals surface area contributed by atoms with Crippen LogP contribution in [0.25, 0.3) is 17.1 Å². The van der Waals surface area contributed by atoms with E-state index in [4.69, 9.17) is 16.1 Å². The van der Waals surface area contributed by atoms with Crippen molar-refractivity contribution in [2.75, 3.05) is 5.43 Å². The molecular weight excluding hydrogens is 398 g/mol. The van der Waals surface area contributed by atoms with Crippen LogP contribution in [0.2, 0.25) is 5.02 Å². The van der Waals surface area contributed by atoms with E-state index in [1.165, 1.54) is 16.0 Å². The molecule has 0 aliphatic rings. The molecule has 4 rings (SSSR count). The van der Waals surface area contributed by atoms with Crippen LogP contribution in [0.3, 0.4) is 0 Å². The van der Waals surface area contributed by atoms with Crippen molar-refractivity contribution < 1.29 is 9.20 Å². The summed E-state index contributed by atoms with van der Waals surface area (Å²) in [6, 6.07) is 16.8. The molecule has 2 aromatic heterocycles. The molecular formula is C19H15ClN5O2S+. The monoisotopic (exact) mass is 412 g/mol. The lowest BCUT2D eigenvalue weighted by molar-refractivity contribution is -0.660. The summed E-state index contributed by atoms with van der Waals surface area (Å²) in [7, 11) is 0. The summed E-state index contributed by atoms with van der Waals surface area (Å²) in [5, 5.41) is 9.88. The van der Waals surface area contributed by atoms with Crippen LogP contribution in [0.1, 0.15) is 12.5 Å². The Morgan fingerprint density at radius 3 is 2.71 bits per heavy atom. The van der Waals surface area contributed by atoms with Gasteiger partial charge in [-0.1, -0.05) is 41.9 Å². The zero-order valence-corrected chi connectivity index (χ0v) is 16.3. The number of aromatic amines is 1. The fraction of sp³-hybridized carbons (Fsp3) is 0.0526. The SMILES string of the molecule is C/C(=N/Nc1nc(-c2c(=O)o[nH][n+]2-c2ccc(Cl)cc2)cs1)c1ccccc1. The molecule has 2 heterocycles. The van der Waals surface area contributed by atoms with Gasteiger partial charge in [0, 0.05) is 22.5 Å². The Bertz CT molecular complexity index is 1180. The van der Waals surface area contributed by atoms with E-state index in [1.807, 2.05) is 37.3 Å². The Morgan fingerprint density at radius 1 is 1.21 bits per heavy atom. The quantitative estimate of drug-likeness (QED) is 0.296. The summed E-state index contributed by atoms with van der Waals surface area (Å²) < 4.78 is 6.49. The van der Waals surface area contributed by atoms with Crippen molar-refractivity contribution in [1.82, 2.24) is 10.3 Å². The van der Waals surface area contributed by atoms with Gasteiger partial charge >= 0.3 is 11.3 Å². The largest absolute Gasteiger partial charge is 0.437 e. The number of hydrogen-bond acceptors (Lipinski definition) is 6. The summed E-state index contributed by atoms with van der Waals surface area (Å²) in [6.07, 6.45) is 0. The smallest absolute Gasteiger partial charge is 0.282 e. The van der Waals surface area contributed by atoms with Crippen molar-refractivity contribution in [3.63, 3.8) is 0 Å². The molecule has 0 atom stereocenters. The van der Waals surface area contributed by atoms with Gasteiger partial charge in [-0.05, 0) is 34.6 Å². The molecule has 0 aliphatic heterocycles. The van der Waals surface area contributed by atoms with Crippen LogP contribution in [-0.4, -0.2) is 16.0 Å². The molecule has 2 aromatic carbocycles. The highest BCUT2D eigenvalue weighted by Gasteiger charge is 2.27. The molecule has 28 heavy (non-hydrogen) atoms. The van der Waals surface area contributed by atoms with Gasteiger partial charge in [0.2, 0.25) is 10.8 Å². The lowest BCUT2D eigenvalue weighted by Gasteiger charge is -2.00. The predicted molar refractivity (Wildman–Crippen MR) is 109 cm³/mol. The number of H-pyrrole nitrogens is 1. The zero-order chi connectivity index (χ0) is 19.5. The molecule has 0 fully saturated rings. The van der Waals surface area contributed by atoms with E-state index in [0.717, 1.165) is 11.3 Å². The number of halogens is 1. The highest BCUT2D eigenvalue weighted by atomic mass is 35.5. The minimum atomic E-state index is -0.518. The minimum absolute atomic E-state index is 0.287. The topological polar surface area (TPSA) is 87.2 Å². The average Bonchev–Trinajstić information content (AvgIpc) is 3.33. The molecule has 2 N–H and O–H groups in total. The van der Waals surface area contributed by atoms with Gasteiger partial charge in [0.1, 0.15) is 0 Å². The maximum Gasteiger partial charge on any atom is 0.437 e. The van der Waals surface area contributed by atoms with E-state index in [2.05, 4.69) is 20.8 Å². The van der Waals surface area contributed by atoms with Crippen LogP contribution >= 0.6 is 22.9 Å². The fourth-order valence-electron chi connectivity index (χ4n) is 2.57.